The third-order valence-corrected chi connectivity index (χ3v) is 5.23. The lowest BCUT2D eigenvalue weighted by Crippen LogP contribution is -2.46. The van der Waals surface area contributed by atoms with Gasteiger partial charge in [-0.15, -0.1) is 0 Å². The summed E-state index contributed by atoms with van der Waals surface area (Å²) in [4.78, 5) is 13.0. The van der Waals surface area contributed by atoms with E-state index in [1.807, 2.05) is 30.3 Å². The minimum Gasteiger partial charge on any atom is -0.331 e. The van der Waals surface area contributed by atoms with E-state index in [1.54, 1.807) is 0 Å². The summed E-state index contributed by atoms with van der Waals surface area (Å²) in [7, 11) is 0. The number of hydrogen-bond acceptors (Lipinski definition) is 2. The number of nitrogens with two attached hydrogens (primary N) is 1. The van der Waals surface area contributed by atoms with Crippen molar-refractivity contribution in [2.75, 3.05) is 6.54 Å². The van der Waals surface area contributed by atoms with E-state index in [0.29, 0.717) is 6.42 Å². The standard InChI is InChI=1S/C18H23F3N2O/c19-18(20,21)17(24)23(11-12-6-8-14(22)9-7-12)16-10-15(16)13-4-2-1-3-5-13/h1-5,12,14-16H,6-11,22H2/t12?,14?,15-,16+/m0/s1. The Labute approximate surface area is 140 Å². The van der Waals surface area contributed by atoms with Gasteiger partial charge >= 0.3 is 12.1 Å². The van der Waals surface area contributed by atoms with Crippen LogP contribution in [-0.4, -0.2) is 35.6 Å². The smallest absolute Gasteiger partial charge is 0.331 e. The van der Waals surface area contributed by atoms with Gasteiger partial charge in [-0.3, -0.25) is 4.79 Å². The average molecular weight is 340 g/mol. The largest absolute Gasteiger partial charge is 0.471 e. The molecule has 0 aromatic heterocycles. The fraction of sp³-hybridized carbons (Fsp3) is 0.611. The number of alkyl halides is 3. The highest BCUT2D eigenvalue weighted by molar-refractivity contribution is 5.82. The maximum Gasteiger partial charge on any atom is 0.471 e. The van der Waals surface area contributed by atoms with Crippen LogP contribution in [0.3, 0.4) is 0 Å². The first-order valence-electron chi connectivity index (χ1n) is 8.54. The van der Waals surface area contributed by atoms with Gasteiger partial charge in [0.2, 0.25) is 0 Å². The van der Waals surface area contributed by atoms with Crippen LogP contribution in [0.25, 0.3) is 0 Å². The Morgan fingerprint density at radius 2 is 1.75 bits per heavy atom. The second kappa shape index (κ2) is 6.75. The Kier molecular flexibility index (Phi) is 4.85. The molecule has 24 heavy (non-hydrogen) atoms. The molecule has 1 aromatic carbocycles. The number of carbonyl (C=O) groups excluding carboxylic acids is 1. The van der Waals surface area contributed by atoms with Gasteiger partial charge in [0.25, 0.3) is 0 Å². The first-order chi connectivity index (χ1) is 11.4. The van der Waals surface area contributed by atoms with Crippen LogP contribution in [0.4, 0.5) is 13.2 Å². The van der Waals surface area contributed by atoms with Crippen molar-refractivity contribution in [1.29, 1.82) is 0 Å². The average Bonchev–Trinajstić information content (AvgIpc) is 3.34. The van der Waals surface area contributed by atoms with Crippen LogP contribution in [0.15, 0.2) is 30.3 Å². The van der Waals surface area contributed by atoms with Crippen molar-refractivity contribution < 1.29 is 18.0 Å². The SMILES string of the molecule is NC1CCC(CN(C(=O)C(F)(F)F)[C@@H]2C[C@H]2c2ccccc2)CC1. The lowest BCUT2D eigenvalue weighted by atomic mass is 9.86. The van der Waals surface area contributed by atoms with Gasteiger partial charge < -0.3 is 10.6 Å². The monoisotopic (exact) mass is 340 g/mol. The van der Waals surface area contributed by atoms with Gasteiger partial charge in [-0.25, -0.2) is 0 Å². The van der Waals surface area contributed by atoms with E-state index in [9.17, 15) is 18.0 Å². The molecule has 3 nitrogen and oxygen atoms in total. The van der Waals surface area contributed by atoms with Crippen LogP contribution < -0.4 is 5.73 Å². The Bertz CT molecular complexity index is 567. The zero-order chi connectivity index (χ0) is 17.3. The Balaban J connectivity index is 1.70. The third kappa shape index (κ3) is 3.91. The molecule has 2 N–H and O–H groups in total. The molecule has 0 bridgehead atoms. The predicted molar refractivity (Wildman–Crippen MR) is 85.3 cm³/mol. The summed E-state index contributed by atoms with van der Waals surface area (Å²) in [5, 5.41) is 0. The van der Waals surface area contributed by atoms with Crippen molar-refractivity contribution in [3.8, 4) is 0 Å². The zero-order valence-corrected chi connectivity index (χ0v) is 13.5. The van der Waals surface area contributed by atoms with Crippen LogP contribution in [0, 0.1) is 5.92 Å². The molecule has 2 aliphatic carbocycles. The summed E-state index contributed by atoms with van der Waals surface area (Å²) >= 11 is 0. The van der Waals surface area contributed by atoms with Crippen LogP contribution in [0.2, 0.25) is 0 Å². The van der Waals surface area contributed by atoms with Gasteiger partial charge in [0.15, 0.2) is 0 Å². The van der Waals surface area contributed by atoms with Crippen LogP contribution >= 0.6 is 0 Å². The number of hydrogen-bond donors (Lipinski definition) is 1. The highest BCUT2D eigenvalue weighted by Crippen LogP contribution is 2.46. The number of benzene rings is 1. The molecule has 2 saturated carbocycles. The molecule has 0 saturated heterocycles. The van der Waals surface area contributed by atoms with Gasteiger partial charge in [0, 0.05) is 24.5 Å². The topological polar surface area (TPSA) is 46.3 Å². The van der Waals surface area contributed by atoms with Crippen molar-refractivity contribution in [2.24, 2.45) is 11.7 Å². The fourth-order valence-corrected chi connectivity index (χ4v) is 3.77. The number of nitrogens with zero attached hydrogens (tertiary/aromatic N) is 1. The summed E-state index contributed by atoms with van der Waals surface area (Å²) in [6.07, 6.45) is -0.957. The van der Waals surface area contributed by atoms with Crippen molar-refractivity contribution in [3.05, 3.63) is 35.9 Å². The van der Waals surface area contributed by atoms with E-state index in [2.05, 4.69) is 0 Å². The van der Waals surface area contributed by atoms with Crippen LogP contribution in [0.1, 0.15) is 43.6 Å². The van der Waals surface area contributed by atoms with Crippen LogP contribution in [0.5, 0.6) is 0 Å². The normalized spacial score (nSPS) is 30.0. The first-order valence-corrected chi connectivity index (χ1v) is 8.54. The number of halogens is 3. The molecule has 0 unspecified atom stereocenters. The van der Waals surface area contributed by atoms with E-state index in [4.69, 9.17) is 5.73 Å². The summed E-state index contributed by atoms with van der Waals surface area (Å²) in [5.74, 6) is -1.56. The van der Waals surface area contributed by atoms with Crippen molar-refractivity contribution in [3.63, 3.8) is 0 Å². The van der Waals surface area contributed by atoms with E-state index >= 15 is 0 Å². The molecule has 132 valence electrons. The van der Waals surface area contributed by atoms with Gasteiger partial charge in [-0.05, 0) is 43.6 Å². The van der Waals surface area contributed by atoms with Gasteiger partial charge in [0.05, 0.1) is 0 Å². The predicted octanol–water partition coefficient (Wildman–Crippen LogP) is 3.45. The van der Waals surface area contributed by atoms with E-state index < -0.39 is 12.1 Å². The molecule has 0 spiro atoms. The van der Waals surface area contributed by atoms with Gasteiger partial charge in [-0.2, -0.15) is 13.2 Å². The number of carbonyl (C=O) groups is 1. The third-order valence-electron chi connectivity index (χ3n) is 5.23. The Morgan fingerprint density at radius 3 is 2.33 bits per heavy atom. The second-order valence-corrected chi connectivity index (χ2v) is 7.06. The molecule has 0 aliphatic heterocycles. The van der Waals surface area contributed by atoms with Crippen molar-refractivity contribution >= 4 is 5.91 Å². The van der Waals surface area contributed by atoms with Crippen molar-refractivity contribution in [1.82, 2.24) is 4.90 Å². The molecule has 1 amide bonds. The van der Waals surface area contributed by atoms with Gasteiger partial charge in [-0.1, -0.05) is 30.3 Å². The van der Waals surface area contributed by atoms with E-state index in [-0.39, 0.29) is 30.5 Å². The second-order valence-electron chi connectivity index (χ2n) is 7.06. The summed E-state index contributed by atoms with van der Waals surface area (Å²) in [5.41, 5.74) is 6.87. The first kappa shape index (κ1) is 17.3. The van der Waals surface area contributed by atoms with Crippen molar-refractivity contribution in [2.45, 2.75) is 56.3 Å². The summed E-state index contributed by atoms with van der Waals surface area (Å²) < 4.78 is 39.1. The maximum atomic E-state index is 13.0. The number of rotatable bonds is 4. The lowest BCUT2D eigenvalue weighted by Gasteiger charge is -2.32. The van der Waals surface area contributed by atoms with E-state index in [1.165, 1.54) is 0 Å². The molecule has 0 heterocycles. The fourth-order valence-electron chi connectivity index (χ4n) is 3.77. The Hall–Kier alpha value is -1.56. The molecule has 3 rings (SSSR count). The Morgan fingerprint density at radius 1 is 1.12 bits per heavy atom. The van der Waals surface area contributed by atoms with E-state index in [0.717, 1.165) is 36.1 Å². The quantitative estimate of drug-likeness (QED) is 0.912. The highest BCUT2D eigenvalue weighted by atomic mass is 19.4. The minimum absolute atomic E-state index is 0.0170. The summed E-state index contributed by atoms with van der Waals surface area (Å²) in [6, 6.07) is 9.28. The highest BCUT2D eigenvalue weighted by Gasteiger charge is 2.52. The molecule has 2 aliphatic rings. The molecule has 6 heteroatoms. The van der Waals surface area contributed by atoms with Crippen LogP contribution in [-0.2, 0) is 4.79 Å². The van der Waals surface area contributed by atoms with Gasteiger partial charge in [0.1, 0.15) is 0 Å². The molecule has 1 aromatic rings. The molecule has 2 atom stereocenters. The molecular weight excluding hydrogens is 317 g/mol. The zero-order valence-electron chi connectivity index (χ0n) is 13.5. The lowest BCUT2D eigenvalue weighted by molar-refractivity contribution is -0.187. The molecule has 0 radical (unpaired) electrons. The number of amides is 1. The summed E-state index contributed by atoms with van der Waals surface area (Å²) in [6.45, 7) is 0.194. The molecular formula is C18H23F3N2O. The maximum absolute atomic E-state index is 13.0. The molecule has 2 fully saturated rings. The minimum atomic E-state index is -4.81.